The van der Waals surface area contributed by atoms with Crippen molar-refractivity contribution in [2.45, 2.75) is 39.5 Å². The van der Waals surface area contributed by atoms with Crippen molar-refractivity contribution in [3.05, 3.63) is 39.0 Å². The number of hydrazone groups is 1. The van der Waals surface area contributed by atoms with Gasteiger partial charge in [-0.15, -0.1) is 11.3 Å². The number of nitrogens with zero attached hydrogens (tertiary/aromatic N) is 2. The minimum absolute atomic E-state index is 0.417. The molecule has 0 atom stereocenters. The number of amides is 2. The van der Waals surface area contributed by atoms with Crippen molar-refractivity contribution >= 4 is 29.6 Å². The topological polar surface area (TPSA) is 110 Å². The van der Waals surface area contributed by atoms with Crippen molar-refractivity contribution in [3.8, 4) is 5.00 Å². The number of carboxylic acids is 1. The van der Waals surface area contributed by atoms with Crippen LogP contribution >= 0.6 is 11.3 Å². The highest BCUT2D eigenvalue weighted by molar-refractivity contribution is 7.15. The molecular formula is C17H20N4O3S. The molecule has 0 fully saturated rings. The molecule has 132 valence electrons. The molecular weight excluding hydrogens is 340 g/mol. The third-order valence-electron chi connectivity index (χ3n) is 4.42. The second kappa shape index (κ2) is 6.72. The molecule has 25 heavy (non-hydrogen) atoms. The average Bonchev–Trinajstić information content (AvgIpc) is 3.04. The van der Waals surface area contributed by atoms with Gasteiger partial charge < -0.3 is 15.4 Å². The SMILES string of the molecule is Cc1cc(/C=N\NC(N)=O)c(C)n1-c1sc2c(c1C(=O)O)CCCC2. The number of nitrogens with one attached hydrogen (secondary N) is 1. The van der Waals surface area contributed by atoms with Crippen LogP contribution in [-0.4, -0.2) is 27.9 Å². The Hall–Kier alpha value is -2.61. The van der Waals surface area contributed by atoms with Gasteiger partial charge in [-0.1, -0.05) is 0 Å². The summed E-state index contributed by atoms with van der Waals surface area (Å²) in [7, 11) is 0. The van der Waals surface area contributed by atoms with Crippen LogP contribution in [0.4, 0.5) is 4.79 Å². The minimum atomic E-state index is -0.882. The lowest BCUT2D eigenvalue weighted by atomic mass is 9.95. The molecule has 8 heteroatoms. The Morgan fingerprint density at radius 1 is 1.36 bits per heavy atom. The molecule has 2 amide bonds. The first-order valence-corrected chi connectivity index (χ1v) is 8.87. The number of fused-ring (bicyclic) bond motifs is 1. The van der Waals surface area contributed by atoms with E-state index in [2.05, 4.69) is 10.5 Å². The van der Waals surface area contributed by atoms with Gasteiger partial charge in [0.2, 0.25) is 0 Å². The number of carbonyl (C=O) groups excluding carboxylic acids is 1. The van der Waals surface area contributed by atoms with Gasteiger partial charge >= 0.3 is 12.0 Å². The van der Waals surface area contributed by atoms with Crippen molar-refractivity contribution in [2.24, 2.45) is 10.8 Å². The fraction of sp³-hybridized carbons (Fsp3) is 0.353. The van der Waals surface area contributed by atoms with E-state index in [1.807, 2.05) is 24.5 Å². The average molecular weight is 360 g/mol. The van der Waals surface area contributed by atoms with Gasteiger partial charge in [0.1, 0.15) is 5.00 Å². The predicted molar refractivity (Wildman–Crippen MR) is 97.0 cm³/mol. The molecule has 0 spiro atoms. The number of urea groups is 1. The summed E-state index contributed by atoms with van der Waals surface area (Å²) >= 11 is 1.56. The van der Waals surface area contributed by atoms with Gasteiger partial charge in [-0.05, 0) is 51.2 Å². The van der Waals surface area contributed by atoms with Crippen LogP contribution in [0, 0.1) is 13.8 Å². The molecule has 2 aromatic heterocycles. The van der Waals surface area contributed by atoms with E-state index in [0.29, 0.717) is 5.56 Å². The lowest BCUT2D eigenvalue weighted by Gasteiger charge is -2.11. The van der Waals surface area contributed by atoms with Crippen molar-refractivity contribution in [1.82, 2.24) is 9.99 Å². The van der Waals surface area contributed by atoms with Crippen LogP contribution in [0.2, 0.25) is 0 Å². The summed E-state index contributed by atoms with van der Waals surface area (Å²) in [6.45, 7) is 3.83. The van der Waals surface area contributed by atoms with Crippen LogP contribution in [0.5, 0.6) is 0 Å². The molecule has 0 saturated carbocycles. The number of rotatable bonds is 4. The number of primary amides is 1. The summed E-state index contributed by atoms with van der Waals surface area (Å²) in [5.74, 6) is -0.882. The molecule has 1 aliphatic carbocycles. The third kappa shape index (κ3) is 3.17. The van der Waals surface area contributed by atoms with Crippen LogP contribution in [0.25, 0.3) is 5.00 Å². The molecule has 0 aliphatic heterocycles. The lowest BCUT2D eigenvalue weighted by Crippen LogP contribution is -2.24. The maximum absolute atomic E-state index is 11.9. The maximum Gasteiger partial charge on any atom is 0.339 e. The zero-order valence-corrected chi connectivity index (χ0v) is 14.9. The van der Waals surface area contributed by atoms with Gasteiger partial charge in [0.15, 0.2) is 0 Å². The Morgan fingerprint density at radius 2 is 2.08 bits per heavy atom. The number of aryl methyl sites for hydroxylation is 2. The Balaban J connectivity index is 2.10. The highest BCUT2D eigenvalue weighted by Crippen LogP contribution is 2.38. The van der Waals surface area contributed by atoms with Crippen molar-refractivity contribution in [1.29, 1.82) is 0 Å². The third-order valence-corrected chi connectivity index (χ3v) is 5.70. The molecule has 2 aromatic rings. The number of hydrogen-bond acceptors (Lipinski definition) is 4. The van der Waals surface area contributed by atoms with Crippen LogP contribution in [0.3, 0.4) is 0 Å². The first-order valence-electron chi connectivity index (χ1n) is 8.05. The van der Waals surface area contributed by atoms with E-state index in [4.69, 9.17) is 5.73 Å². The zero-order chi connectivity index (χ0) is 18.1. The Bertz CT molecular complexity index is 879. The summed E-state index contributed by atoms with van der Waals surface area (Å²) in [5, 5.41) is 14.3. The molecule has 3 rings (SSSR count). The van der Waals surface area contributed by atoms with E-state index in [0.717, 1.165) is 53.2 Å². The first kappa shape index (κ1) is 17.2. The van der Waals surface area contributed by atoms with Crippen LogP contribution in [0.1, 0.15) is 50.6 Å². The van der Waals surface area contributed by atoms with E-state index in [9.17, 15) is 14.7 Å². The number of aromatic nitrogens is 1. The van der Waals surface area contributed by atoms with E-state index in [1.54, 1.807) is 11.3 Å². The highest BCUT2D eigenvalue weighted by atomic mass is 32.1. The van der Waals surface area contributed by atoms with Crippen molar-refractivity contribution < 1.29 is 14.7 Å². The van der Waals surface area contributed by atoms with E-state index < -0.39 is 12.0 Å². The number of nitrogens with two attached hydrogens (primary N) is 1. The van der Waals surface area contributed by atoms with Crippen LogP contribution in [-0.2, 0) is 12.8 Å². The summed E-state index contributed by atoms with van der Waals surface area (Å²) in [6.07, 6.45) is 5.41. The Kier molecular flexibility index (Phi) is 4.63. The van der Waals surface area contributed by atoms with E-state index >= 15 is 0 Å². The molecule has 0 saturated heterocycles. The zero-order valence-electron chi connectivity index (χ0n) is 14.1. The molecule has 4 N–H and O–H groups in total. The van der Waals surface area contributed by atoms with Gasteiger partial charge in [0.25, 0.3) is 0 Å². The van der Waals surface area contributed by atoms with Gasteiger partial charge in [-0.25, -0.2) is 15.0 Å². The molecule has 2 heterocycles. The summed E-state index contributed by atoms with van der Waals surface area (Å²) in [5.41, 5.74) is 11.1. The summed E-state index contributed by atoms with van der Waals surface area (Å²) < 4.78 is 1.96. The highest BCUT2D eigenvalue weighted by Gasteiger charge is 2.27. The molecule has 0 aromatic carbocycles. The summed E-state index contributed by atoms with van der Waals surface area (Å²) in [6, 6.07) is 1.18. The quantitative estimate of drug-likeness (QED) is 0.576. The van der Waals surface area contributed by atoms with Crippen molar-refractivity contribution in [2.75, 3.05) is 0 Å². The van der Waals surface area contributed by atoms with Crippen molar-refractivity contribution in [3.63, 3.8) is 0 Å². The molecule has 0 unspecified atom stereocenters. The fourth-order valence-corrected chi connectivity index (χ4v) is 4.82. The lowest BCUT2D eigenvalue weighted by molar-refractivity contribution is 0.0696. The largest absolute Gasteiger partial charge is 0.478 e. The van der Waals surface area contributed by atoms with E-state index in [-0.39, 0.29) is 0 Å². The van der Waals surface area contributed by atoms with E-state index in [1.165, 1.54) is 11.1 Å². The number of carboxylic acid groups (broad SMARTS) is 1. The predicted octanol–water partition coefficient (Wildman–Crippen LogP) is 2.73. The number of carbonyl (C=O) groups is 2. The molecule has 0 bridgehead atoms. The van der Waals surface area contributed by atoms with Crippen LogP contribution in [0.15, 0.2) is 11.2 Å². The number of thiophene rings is 1. The van der Waals surface area contributed by atoms with Crippen LogP contribution < -0.4 is 11.2 Å². The Labute approximate surface area is 149 Å². The second-order valence-corrected chi connectivity index (χ2v) is 7.18. The smallest absolute Gasteiger partial charge is 0.339 e. The fourth-order valence-electron chi connectivity index (χ4n) is 3.33. The number of aromatic carboxylic acids is 1. The molecule has 7 nitrogen and oxygen atoms in total. The molecule has 1 aliphatic rings. The maximum atomic E-state index is 11.9. The normalized spacial score (nSPS) is 13.8. The monoisotopic (exact) mass is 360 g/mol. The number of hydrogen-bond donors (Lipinski definition) is 3. The summed E-state index contributed by atoms with van der Waals surface area (Å²) in [4.78, 5) is 23.8. The van der Waals surface area contributed by atoms with Gasteiger partial charge in [-0.3, -0.25) is 0 Å². The minimum Gasteiger partial charge on any atom is -0.478 e. The molecule has 0 radical (unpaired) electrons. The van der Waals surface area contributed by atoms with Gasteiger partial charge in [-0.2, -0.15) is 5.10 Å². The Morgan fingerprint density at radius 3 is 2.76 bits per heavy atom. The first-order chi connectivity index (χ1) is 11.9. The standard InChI is InChI=1S/C17H20N4O3S/c1-9-7-11(8-19-20-17(18)24)10(2)21(9)15-14(16(22)23)12-5-3-4-6-13(12)25-15/h7-8H,3-6H2,1-2H3,(H,22,23)(H3,18,20,24)/b19-8-. The van der Waals surface area contributed by atoms with Gasteiger partial charge in [0, 0.05) is 21.8 Å². The van der Waals surface area contributed by atoms with Gasteiger partial charge in [0.05, 0.1) is 11.8 Å². The second-order valence-electron chi connectivity index (χ2n) is 6.09.